The molecule has 1 aromatic carbocycles. The minimum absolute atomic E-state index is 0.148. The van der Waals surface area contributed by atoms with Crippen molar-refractivity contribution in [2.75, 3.05) is 13.7 Å². The second kappa shape index (κ2) is 9.74. The molecule has 0 N–H and O–H groups in total. The van der Waals surface area contributed by atoms with E-state index in [2.05, 4.69) is 0 Å². The zero-order chi connectivity index (χ0) is 20.0. The van der Waals surface area contributed by atoms with Gasteiger partial charge in [0.25, 0.3) is 0 Å². The quantitative estimate of drug-likeness (QED) is 0.243. The van der Waals surface area contributed by atoms with Gasteiger partial charge in [-0.2, -0.15) is 0 Å². The van der Waals surface area contributed by atoms with Gasteiger partial charge in [-0.25, -0.2) is 0 Å². The molecule has 0 spiro atoms. The van der Waals surface area contributed by atoms with Gasteiger partial charge in [0, 0.05) is 0 Å². The zero-order valence-electron chi connectivity index (χ0n) is 15.3. The predicted molar refractivity (Wildman–Crippen MR) is 100 cm³/mol. The summed E-state index contributed by atoms with van der Waals surface area (Å²) in [7, 11) is 1.55. The van der Waals surface area contributed by atoms with Crippen molar-refractivity contribution in [1.82, 2.24) is 0 Å². The molecule has 0 saturated carbocycles. The van der Waals surface area contributed by atoms with Crippen molar-refractivity contribution in [2.45, 2.75) is 37.1 Å². The van der Waals surface area contributed by atoms with Gasteiger partial charge in [0.05, 0.1) is 0 Å². The molecule has 0 aromatic heterocycles. The SMILES string of the molecule is COc1ccc(OI2O[C@H](COC(C)=O)[C@@H](OC(C)=O)[C@H]2OC(C)=O)cc1. The van der Waals surface area contributed by atoms with Crippen LogP contribution in [-0.2, 0) is 31.7 Å². The molecule has 0 radical (unpaired) electrons. The molecule has 10 heteroatoms. The maximum absolute atomic E-state index is 11.5. The van der Waals surface area contributed by atoms with E-state index in [4.69, 9.17) is 25.1 Å². The molecule has 1 fully saturated rings. The standard InChI is InChI=1S/C17H21IO9/c1-10(19)23-9-15-16(24-11(2)20)17(25-12(3)21)18(27-15)26-14-7-5-13(22-4)6-8-14/h5-8,15-17H,9H2,1-4H3/t15-,16-,17-/m1/s1. The summed E-state index contributed by atoms with van der Waals surface area (Å²) in [5, 5.41) is 0. The van der Waals surface area contributed by atoms with Crippen LogP contribution in [0.2, 0.25) is 0 Å². The molecule has 27 heavy (non-hydrogen) atoms. The molecule has 0 aliphatic carbocycles. The van der Waals surface area contributed by atoms with Gasteiger partial charge in [0.15, 0.2) is 0 Å². The Hall–Kier alpha value is -2.08. The minimum atomic E-state index is -2.90. The van der Waals surface area contributed by atoms with Gasteiger partial charge in [0.2, 0.25) is 0 Å². The fourth-order valence-electron chi connectivity index (χ4n) is 2.16. The number of rotatable bonds is 7. The Morgan fingerprint density at radius 1 is 0.963 bits per heavy atom. The Morgan fingerprint density at radius 3 is 2.07 bits per heavy atom. The summed E-state index contributed by atoms with van der Waals surface area (Å²) in [5.74, 6) is -0.494. The van der Waals surface area contributed by atoms with Gasteiger partial charge in [-0.05, 0) is 0 Å². The number of alkyl halides is 1. The number of hydrogen-bond acceptors (Lipinski definition) is 9. The molecule has 0 amide bonds. The van der Waals surface area contributed by atoms with E-state index in [1.54, 1.807) is 31.4 Å². The normalized spacial score (nSPS) is 22.7. The van der Waals surface area contributed by atoms with Crippen molar-refractivity contribution in [2.24, 2.45) is 0 Å². The van der Waals surface area contributed by atoms with E-state index in [9.17, 15) is 14.4 Å². The van der Waals surface area contributed by atoms with Crippen molar-refractivity contribution in [3.8, 4) is 11.5 Å². The summed E-state index contributed by atoms with van der Waals surface area (Å²) >= 11 is -2.90. The molecule has 0 unspecified atom stereocenters. The molecule has 1 heterocycles. The molecule has 1 aliphatic heterocycles. The van der Waals surface area contributed by atoms with Crippen molar-refractivity contribution in [3.05, 3.63) is 24.3 Å². The van der Waals surface area contributed by atoms with Crippen LogP contribution in [-0.4, -0.2) is 47.9 Å². The van der Waals surface area contributed by atoms with Crippen LogP contribution in [0, 0.1) is 0 Å². The Kier molecular flexibility index (Phi) is 7.66. The first-order valence-corrected chi connectivity index (χ1v) is 11.0. The number of hydrogen-bond donors (Lipinski definition) is 0. The van der Waals surface area contributed by atoms with E-state index in [0.29, 0.717) is 11.5 Å². The third-order valence-corrected chi connectivity index (χ3v) is 7.32. The fourth-order valence-corrected chi connectivity index (χ4v) is 6.44. The van der Waals surface area contributed by atoms with Gasteiger partial charge in [-0.3, -0.25) is 0 Å². The molecule has 1 aromatic rings. The Balaban J connectivity index is 2.21. The summed E-state index contributed by atoms with van der Waals surface area (Å²) in [6, 6.07) is 6.79. The summed E-state index contributed by atoms with van der Waals surface area (Å²) in [5.41, 5.74) is 0. The van der Waals surface area contributed by atoms with Gasteiger partial charge < -0.3 is 0 Å². The van der Waals surface area contributed by atoms with Crippen LogP contribution in [0.3, 0.4) is 0 Å². The average molecular weight is 496 g/mol. The fraction of sp³-hybridized carbons (Fsp3) is 0.471. The van der Waals surface area contributed by atoms with E-state index in [1.807, 2.05) is 0 Å². The van der Waals surface area contributed by atoms with Crippen LogP contribution >= 0.6 is 20.6 Å². The van der Waals surface area contributed by atoms with Crippen LogP contribution in [0.15, 0.2) is 24.3 Å². The van der Waals surface area contributed by atoms with Gasteiger partial charge in [-0.1, -0.05) is 0 Å². The molecule has 3 atom stereocenters. The number of benzene rings is 1. The van der Waals surface area contributed by atoms with Gasteiger partial charge in [0.1, 0.15) is 0 Å². The summed E-state index contributed by atoms with van der Waals surface area (Å²) < 4.78 is 31.6. The zero-order valence-corrected chi connectivity index (χ0v) is 17.5. The van der Waals surface area contributed by atoms with E-state index in [-0.39, 0.29) is 6.61 Å². The summed E-state index contributed by atoms with van der Waals surface area (Å²) in [6.45, 7) is 3.58. The van der Waals surface area contributed by atoms with Gasteiger partial charge >= 0.3 is 165 Å². The summed E-state index contributed by atoms with van der Waals surface area (Å²) in [6.07, 6.45) is -1.71. The van der Waals surface area contributed by atoms with E-state index in [0.717, 1.165) is 0 Å². The number of esters is 3. The molecule has 1 aliphatic rings. The number of halogens is 1. The number of carbonyl (C=O) groups is 3. The average Bonchev–Trinajstić information content (AvgIpc) is 2.89. The predicted octanol–water partition coefficient (Wildman–Crippen LogP) is 2.19. The van der Waals surface area contributed by atoms with Crippen LogP contribution < -0.4 is 7.80 Å². The van der Waals surface area contributed by atoms with E-state index in [1.165, 1.54) is 20.8 Å². The number of carbonyl (C=O) groups excluding carboxylic acids is 3. The summed E-state index contributed by atoms with van der Waals surface area (Å²) in [4.78, 5) is 34.1. The second-order valence-corrected chi connectivity index (χ2v) is 9.01. The molecule has 2 rings (SSSR count). The monoisotopic (exact) mass is 496 g/mol. The first kappa shape index (κ1) is 21.2. The molecule has 1 saturated heterocycles. The van der Waals surface area contributed by atoms with E-state index < -0.39 is 54.9 Å². The Bertz CT molecular complexity index is 675. The number of ether oxygens (including phenoxy) is 4. The Morgan fingerprint density at radius 2 is 1.56 bits per heavy atom. The second-order valence-electron chi connectivity index (χ2n) is 5.46. The van der Waals surface area contributed by atoms with Crippen molar-refractivity contribution in [3.63, 3.8) is 0 Å². The van der Waals surface area contributed by atoms with Crippen LogP contribution in [0.25, 0.3) is 0 Å². The van der Waals surface area contributed by atoms with Crippen molar-refractivity contribution in [1.29, 1.82) is 0 Å². The third-order valence-electron chi connectivity index (χ3n) is 3.26. The first-order valence-electron chi connectivity index (χ1n) is 7.96. The first-order chi connectivity index (χ1) is 12.8. The third kappa shape index (κ3) is 6.24. The van der Waals surface area contributed by atoms with Crippen LogP contribution in [0.5, 0.6) is 11.5 Å². The van der Waals surface area contributed by atoms with E-state index >= 15 is 0 Å². The van der Waals surface area contributed by atoms with Crippen molar-refractivity contribution >= 4 is 38.6 Å². The van der Waals surface area contributed by atoms with Crippen LogP contribution in [0.1, 0.15) is 20.8 Å². The molecule has 0 bridgehead atoms. The van der Waals surface area contributed by atoms with Gasteiger partial charge in [-0.15, -0.1) is 0 Å². The Labute approximate surface area is 164 Å². The molecular formula is C17H21IO9. The van der Waals surface area contributed by atoms with Crippen molar-refractivity contribution < 1.29 is 39.5 Å². The topological polar surface area (TPSA) is 107 Å². The molecule has 150 valence electrons. The molecule has 9 nitrogen and oxygen atoms in total. The molecular weight excluding hydrogens is 475 g/mol. The maximum atomic E-state index is 11.5. The van der Waals surface area contributed by atoms with Crippen LogP contribution in [0.4, 0.5) is 0 Å². The number of methoxy groups -OCH3 is 1.